The largest absolute Gasteiger partial charge is 0.468 e. The summed E-state index contributed by atoms with van der Waals surface area (Å²) in [4.78, 5) is 20.2. The number of hydrogen-bond donors (Lipinski definition) is 3. The Morgan fingerprint density at radius 2 is 1.81 bits per heavy atom. The highest BCUT2D eigenvalue weighted by Crippen LogP contribution is 2.17. The molecule has 12 heteroatoms. The number of ether oxygens (including phenoxy) is 2. The number of rotatable bonds is 8. The number of halogens is 4. The van der Waals surface area contributed by atoms with Crippen LogP contribution in [0.15, 0.2) is 23.3 Å². The summed E-state index contributed by atoms with van der Waals surface area (Å²) in [5, 5.41) is 9.00. The Bertz CT molecular complexity index is 753. The third-order valence-corrected chi connectivity index (χ3v) is 3.48. The molecule has 0 aliphatic heterocycles. The predicted molar refractivity (Wildman–Crippen MR) is 127 cm³/mol. The highest BCUT2D eigenvalue weighted by molar-refractivity contribution is 14.0. The summed E-state index contributed by atoms with van der Waals surface area (Å²) in [5.41, 5.74) is -0.596. The monoisotopic (exact) mass is 575 g/mol. The molecule has 0 saturated heterocycles. The van der Waals surface area contributed by atoms with Crippen molar-refractivity contribution in [3.05, 3.63) is 23.9 Å². The molecule has 0 saturated carbocycles. The van der Waals surface area contributed by atoms with Crippen LogP contribution >= 0.6 is 24.0 Å². The Morgan fingerprint density at radius 3 is 2.38 bits per heavy atom. The lowest BCUT2D eigenvalue weighted by Crippen LogP contribution is -2.54. The first-order chi connectivity index (χ1) is 14.2. The van der Waals surface area contributed by atoms with Crippen molar-refractivity contribution in [2.24, 2.45) is 4.99 Å². The molecule has 0 aromatic carbocycles. The van der Waals surface area contributed by atoms with Crippen LogP contribution in [-0.4, -0.2) is 54.0 Å². The third kappa shape index (κ3) is 14.1. The van der Waals surface area contributed by atoms with Gasteiger partial charge in [-0.15, -0.1) is 24.0 Å². The molecule has 0 atom stereocenters. The molecular formula is C20H33F3IN5O3. The quantitative estimate of drug-likeness (QED) is 0.247. The predicted octanol–water partition coefficient (Wildman–Crippen LogP) is 4.00. The molecule has 1 aromatic rings. The number of carbonyl (C=O) groups excluding carboxylic acids is 1. The van der Waals surface area contributed by atoms with Gasteiger partial charge in [0, 0.05) is 25.4 Å². The Hall–Kier alpha value is -1.99. The Morgan fingerprint density at radius 1 is 1.16 bits per heavy atom. The number of pyridine rings is 1. The molecule has 0 aliphatic carbocycles. The molecule has 184 valence electrons. The van der Waals surface area contributed by atoms with Gasteiger partial charge in [0.15, 0.2) is 12.6 Å². The number of aromatic nitrogens is 1. The van der Waals surface area contributed by atoms with E-state index in [2.05, 4.69) is 30.7 Å². The second-order valence-corrected chi connectivity index (χ2v) is 8.47. The number of amides is 1. The van der Waals surface area contributed by atoms with Crippen LogP contribution in [0.2, 0.25) is 0 Å². The van der Waals surface area contributed by atoms with Crippen molar-refractivity contribution in [1.29, 1.82) is 0 Å². The van der Waals surface area contributed by atoms with Crippen LogP contribution < -0.4 is 20.7 Å². The van der Waals surface area contributed by atoms with Crippen molar-refractivity contribution in [2.45, 2.75) is 65.4 Å². The average Bonchev–Trinajstić information content (AvgIpc) is 2.60. The van der Waals surface area contributed by atoms with Gasteiger partial charge in [0.05, 0.1) is 12.1 Å². The lowest BCUT2D eigenvalue weighted by atomic mass is 10.1. The molecule has 0 unspecified atom stereocenters. The highest BCUT2D eigenvalue weighted by atomic mass is 127. The number of alkyl carbamates (subject to hydrolysis) is 1. The van der Waals surface area contributed by atoms with E-state index in [1.807, 2.05) is 20.8 Å². The van der Waals surface area contributed by atoms with Gasteiger partial charge in [0.1, 0.15) is 5.60 Å². The van der Waals surface area contributed by atoms with Crippen molar-refractivity contribution in [1.82, 2.24) is 20.9 Å². The van der Waals surface area contributed by atoms with Gasteiger partial charge in [-0.25, -0.2) is 14.8 Å². The second kappa shape index (κ2) is 12.9. The molecule has 1 rings (SSSR count). The molecule has 1 heterocycles. The zero-order valence-corrected chi connectivity index (χ0v) is 21.6. The van der Waals surface area contributed by atoms with Crippen molar-refractivity contribution in [3.63, 3.8) is 0 Å². The Balaban J connectivity index is 0.00000961. The summed E-state index contributed by atoms with van der Waals surface area (Å²) < 4.78 is 46.8. The van der Waals surface area contributed by atoms with Crippen molar-refractivity contribution < 1.29 is 27.4 Å². The number of alkyl halides is 3. The highest BCUT2D eigenvalue weighted by Gasteiger charge is 2.28. The van der Waals surface area contributed by atoms with Gasteiger partial charge in [0.25, 0.3) is 0 Å². The van der Waals surface area contributed by atoms with E-state index in [1.165, 1.54) is 12.3 Å². The van der Waals surface area contributed by atoms with Gasteiger partial charge in [-0.2, -0.15) is 13.2 Å². The van der Waals surface area contributed by atoms with E-state index in [1.54, 1.807) is 26.8 Å². The molecule has 0 aliphatic rings. The summed E-state index contributed by atoms with van der Waals surface area (Å²) >= 11 is 0. The van der Waals surface area contributed by atoms with E-state index in [9.17, 15) is 18.0 Å². The molecule has 1 aromatic heterocycles. The molecule has 0 fully saturated rings. The van der Waals surface area contributed by atoms with Gasteiger partial charge in [-0.1, -0.05) is 0 Å². The van der Waals surface area contributed by atoms with Crippen LogP contribution in [0.25, 0.3) is 0 Å². The maximum Gasteiger partial charge on any atom is 0.422 e. The summed E-state index contributed by atoms with van der Waals surface area (Å²) in [6.45, 7) is 10.7. The van der Waals surface area contributed by atoms with Gasteiger partial charge in [-0.3, -0.25) is 0 Å². The standard InChI is InChI=1S/C20H32F3N5O3.HI/c1-7-24-16(27-12-19(5,6)28-17(29)31-18(2,3)4)26-11-14-8-9-25-15(10-14)30-13-20(21,22)23;/h8-10H,7,11-13H2,1-6H3,(H,28,29)(H2,24,26,27);1H. The van der Waals surface area contributed by atoms with Gasteiger partial charge < -0.3 is 25.4 Å². The van der Waals surface area contributed by atoms with Crippen molar-refractivity contribution in [3.8, 4) is 5.88 Å². The van der Waals surface area contributed by atoms with Crippen LogP contribution in [0, 0.1) is 0 Å². The first kappa shape index (κ1) is 30.0. The smallest absolute Gasteiger partial charge is 0.422 e. The number of hydrogen-bond acceptors (Lipinski definition) is 5. The maximum absolute atomic E-state index is 12.3. The Kier molecular flexibility index (Phi) is 12.1. The number of aliphatic imine (C=N–C) groups is 1. The van der Waals surface area contributed by atoms with Crippen LogP contribution in [0.3, 0.4) is 0 Å². The van der Waals surface area contributed by atoms with E-state index in [-0.39, 0.29) is 36.4 Å². The fraction of sp³-hybridized carbons (Fsp3) is 0.650. The minimum absolute atomic E-state index is 0. The third-order valence-electron chi connectivity index (χ3n) is 3.48. The topological polar surface area (TPSA) is 96.9 Å². The lowest BCUT2D eigenvalue weighted by Gasteiger charge is -2.29. The average molecular weight is 575 g/mol. The normalized spacial score (nSPS) is 12.5. The zero-order valence-electron chi connectivity index (χ0n) is 19.2. The molecule has 3 N–H and O–H groups in total. The van der Waals surface area contributed by atoms with Crippen LogP contribution in [-0.2, 0) is 11.3 Å². The molecule has 0 bridgehead atoms. The minimum Gasteiger partial charge on any atom is -0.468 e. The summed E-state index contributed by atoms with van der Waals surface area (Å²) in [5.74, 6) is 0.363. The minimum atomic E-state index is -4.43. The molecule has 0 radical (unpaired) electrons. The molecule has 8 nitrogen and oxygen atoms in total. The number of carbonyl (C=O) groups is 1. The second-order valence-electron chi connectivity index (χ2n) is 8.47. The number of guanidine groups is 1. The van der Waals surface area contributed by atoms with E-state index in [0.29, 0.717) is 24.6 Å². The van der Waals surface area contributed by atoms with E-state index >= 15 is 0 Å². The lowest BCUT2D eigenvalue weighted by molar-refractivity contribution is -0.154. The van der Waals surface area contributed by atoms with Gasteiger partial charge >= 0.3 is 12.3 Å². The number of nitrogens with one attached hydrogen (secondary N) is 3. The summed E-state index contributed by atoms with van der Waals surface area (Å²) in [6, 6.07) is 3.05. The van der Waals surface area contributed by atoms with Gasteiger partial charge in [-0.05, 0) is 53.2 Å². The summed E-state index contributed by atoms with van der Waals surface area (Å²) in [6.07, 6.45) is -3.59. The zero-order chi connectivity index (χ0) is 23.7. The number of nitrogens with zero attached hydrogens (tertiary/aromatic N) is 2. The molecule has 32 heavy (non-hydrogen) atoms. The van der Waals surface area contributed by atoms with Crippen LogP contribution in [0.4, 0.5) is 18.0 Å². The fourth-order valence-electron chi connectivity index (χ4n) is 2.22. The first-order valence-corrected chi connectivity index (χ1v) is 9.87. The van der Waals surface area contributed by atoms with Crippen molar-refractivity contribution >= 4 is 36.0 Å². The molecule has 1 amide bonds. The van der Waals surface area contributed by atoms with E-state index in [0.717, 1.165) is 0 Å². The van der Waals surface area contributed by atoms with E-state index < -0.39 is 30.0 Å². The van der Waals surface area contributed by atoms with Gasteiger partial charge in [0.2, 0.25) is 5.88 Å². The maximum atomic E-state index is 12.3. The fourth-order valence-corrected chi connectivity index (χ4v) is 2.22. The Labute approximate surface area is 204 Å². The molecular weight excluding hydrogens is 542 g/mol. The van der Waals surface area contributed by atoms with E-state index in [4.69, 9.17) is 4.74 Å². The summed E-state index contributed by atoms with van der Waals surface area (Å²) in [7, 11) is 0. The SMILES string of the molecule is CCNC(=NCc1ccnc(OCC(F)(F)F)c1)NCC(C)(C)NC(=O)OC(C)(C)C.I. The van der Waals surface area contributed by atoms with Crippen molar-refractivity contribution in [2.75, 3.05) is 19.7 Å². The van der Waals surface area contributed by atoms with Crippen LogP contribution in [0.1, 0.15) is 47.1 Å². The van der Waals surface area contributed by atoms with Crippen LogP contribution in [0.5, 0.6) is 5.88 Å². The molecule has 0 spiro atoms. The first-order valence-electron chi connectivity index (χ1n) is 9.87.